The summed E-state index contributed by atoms with van der Waals surface area (Å²) in [6.45, 7) is 10.4. The molecule has 3 nitrogen and oxygen atoms in total. The maximum absolute atomic E-state index is 5.70. The van der Waals surface area contributed by atoms with E-state index >= 15 is 0 Å². The average Bonchev–Trinajstić information content (AvgIpc) is 2.24. The lowest BCUT2D eigenvalue weighted by atomic mass is 9.98. The van der Waals surface area contributed by atoms with Crippen molar-refractivity contribution in [3.8, 4) is 0 Å². The van der Waals surface area contributed by atoms with E-state index in [4.69, 9.17) is 10.5 Å². The Morgan fingerprint density at radius 2 is 2.27 bits per heavy atom. The van der Waals surface area contributed by atoms with Gasteiger partial charge < -0.3 is 15.4 Å². The van der Waals surface area contributed by atoms with Crippen LogP contribution < -0.4 is 5.73 Å². The lowest BCUT2D eigenvalue weighted by molar-refractivity contribution is 0.0719. The number of ether oxygens (including phenoxy) is 1. The van der Waals surface area contributed by atoms with Crippen molar-refractivity contribution in [2.45, 2.75) is 26.7 Å². The van der Waals surface area contributed by atoms with Crippen LogP contribution in [0.15, 0.2) is 0 Å². The summed E-state index contributed by atoms with van der Waals surface area (Å²) in [5, 5.41) is 0. The van der Waals surface area contributed by atoms with Crippen LogP contribution >= 0.6 is 0 Å². The monoisotopic (exact) mass is 214 g/mol. The second-order valence-electron chi connectivity index (χ2n) is 5.01. The number of hydrogen-bond acceptors (Lipinski definition) is 3. The molecule has 0 aromatic carbocycles. The molecule has 0 radical (unpaired) electrons. The lowest BCUT2D eigenvalue weighted by Crippen LogP contribution is -2.40. The van der Waals surface area contributed by atoms with Gasteiger partial charge in [-0.1, -0.05) is 13.8 Å². The van der Waals surface area contributed by atoms with Gasteiger partial charge in [0, 0.05) is 19.7 Å². The first kappa shape index (κ1) is 12.9. The third-order valence-electron chi connectivity index (χ3n) is 2.94. The molecule has 2 N–H and O–H groups in total. The molecule has 90 valence electrons. The van der Waals surface area contributed by atoms with Crippen LogP contribution in [0, 0.1) is 11.8 Å². The highest BCUT2D eigenvalue weighted by Crippen LogP contribution is 2.14. The largest absolute Gasteiger partial charge is 0.380 e. The minimum Gasteiger partial charge on any atom is -0.380 e. The van der Waals surface area contributed by atoms with Gasteiger partial charge in [-0.3, -0.25) is 0 Å². The summed E-state index contributed by atoms with van der Waals surface area (Å²) in [4.78, 5) is 2.49. The van der Waals surface area contributed by atoms with Crippen LogP contribution in [0.1, 0.15) is 26.7 Å². The summed E-state index contributed by atoms with van der Waals surface area (Å²) in [6.07, 6.45) is 2.60. The van der Waals surface area contributed by atoms with E-state index in [0.717, 1.165) is 26.3 Å². The molecule has 1 aliphatic heterocycles. The fourth-order valence-electron chi connectivity index (χ4n) is 2.06. The van der Waals surface area contributed by atoms with Crippen LogP contribution in [0.25, 0.3) is 0 Å². The lowest BCUT2D eigenvalue weighted by Gasteiger charge is -2.31. The van der Waals surface area contributed by atoms with Gasteiger partial charge in [0.25, 0.3) is 0 Å². The molecule has 1 fully saturated rings. The van der Waals surface area contributed by atoms with Crippen LogP contribution in [0.3, 0.4) is 0 Å². The fraction of sp³-hybridized carbons (Fsp3) is 1.00. The summed E-state index contributed by atoms with van der Waals surface area (Å²) in [6, 6.07) is 0. The van der Waals surface area contributed by atoms with Gasteiger partial charge in [-0.15, -0.1) is 0 Å². The highest BCUT2D eigenvalue weighted by Gasteiger charge is 2.17. The topological polar surface area (TPSA) is 38.5 Å². The predicted octanol–water partition coefficient (Wildman–Crippen LogP) is 1.33. The zero-order valence-electron chi connectivity index (χ0n) is 10.2. The predicted molar refractivity (Wildman–Crippen MR) is 63.9 cm³/mol. The summed E-state index contributed by atoms with van der Waals surface area (Å²) in [5.41, 5.74) is 5.70. The number of likely N-dealkylation sites (tertiary alicyclic amines) is 1. The first-order chi connectivity index (χ1) is 7.22. The standard InChI is InChI=1S/C12H26N2O/c1-11(2)10-15-7-6-14-5-3-4-12(8-13)9-14/h11-12H,3-10,13H2,1-2H3. The number of hydrogen-bond donors (Lipinski definition) is 1. The molecule has 0 spiro atoms. The fourth-order valence-corrected chi connectivity index (χ4v) is 2.06. The Kier molecular flexibility index (Phi) is 6.22. The number of rotatable bonds is 6. The van der Waals surface area contributed by atoms with Gasteiger partial charge in [0.2, 0.25) is 0 Å². The van der Waals surface area contributed by atoms with E-state index in [-0.39, 0.29) is 0 Å². The van der Waals surface area contributed by atoms with Crippen molar-refractivity contribution < 1.29 is 4.74 Å². The minimum absolute atomic E-state index is 0.642. The number of nitrogens with two attached hydrogens (primary N) is 1. The Bertz CT molecular complexity index is 162. The van der Waals surface area contributed by atoms with Gasteiger partial charge in [0.05, 0.1) is 6.61 Å². The second-order valence-corrected chi connectivity index (χ2v) is 5.01. The Morgan fingerprint density at radius 3 is 2.93 bits per heavy atom. The van der Waals surface area contributed by atoms with Crippen molar-refractivity contribution in [2.24, 2.45) is 17.6 Å². The minimum atomic E-state index is 0.642. The normalized spacial score (nSPS) is 23.6. The van der Waals surface area contributed by atoms with Crippen molar-refractivity contribution in [1.29, 1.82) is 0 Å². The van der Waals surface area contributed by atoms with E-state index < -0.39 is 0 Å². The van der Waals surface area contributed by atoms with Gasteiger partial charge >= 0.3 is 0 Å². The van der Waals surface area contributed by atoms with Gasteiger partial charge in [0.15, 0.2) is 0 Å². The third-order valence-corrected chi connectivity index (χ3v) is 2.94. The summed E-state index contributed by atoms with van der Waals surface area (Å²) in [5.74, 6) is 1.35. The van der Waals surface area contributed by atoms with Crippen molar-refractivity contribution in [1.82, 2.24) is 4.90 Å². The third kappa shape index (κ3) is 5.50. The summed E-state index contributed by atoms with van der Waals surface area (Å²) in [7, 11) is 0. The molecule has 1 atom stereocenters. The molecule has 0 amide bonds. The van der Waals surface area contributed by atoms with Crippen molar-refractivity contribution in [3.05, 3.63) is 0 Å². The molecular weight excluding hydrogens is 188 g/mol. The second kappa shape index (κ2) is 7.20. The number of nitrogens with zero attached hydrogens (tertiary/aromatic N) is 1. The SMILES string of the molecule is CC(C)COCCN1CCCC(CN)C1. The molecule has 0 saturated carbocycles. The quantitative estimate of drug-likeness (QED) is 0.678. The molecule has 0 aromatic rings. The molecule has 3 heteroatoms. The molecule has 1 rings (SSSR count). The zero-order chi connectivity index (χ0) is 11.1. The van der Waals surface area contributed by atoms with E-state index in [1.807, 2.05) is 0 Å². The first-order valence-electron chi connectivity index (χ1n) is 6.22. The average molecular weight is 214 g/mol. The smallest absolute Gasteiger partial charge is 0.0593 e. The van der Waals surface area contributed by atoms with Gasteiger partial charge in [-0.25, -0.2) is 0 Å². The van der Waals surface area contributed by atoms with Crippen molar-refractivity contribution in [3.63, 3.8) is 0 Å². The molecule has 1 saturated heterocycles. The van der Waals surface area contributed by atoms with Crippen LogP contribution in [0.2, 0.25) is 0 Å². The first-order valence-corrected chi connectivity index (χ1v) is 6.22. The zero-order valence-corrected chi connectivity index (χ0v) is 10.2. The maximum atomic E-state index is 5.70. The molecular formula is C12H26N2O. The molecule has 0 bridgehead atoms. The Morgan fingerprint density at radius 1 is 1.47 bits per heavy atom. The van der Waals surface area contributed by atoms with E-state index in [0.29, 0.717) is 11.8 Å². The Labute approximate surface area is 94.0 Å². The highest BCUT2D eigenvalue weighted by atomic mass is 16.5. The van der Waals surface area contributed by atoms with Gasteiger partial charge in [-0.05, 0) is 37.8 Å². The van der Waals surface area contributed by atoms with Crippen molar-refractivity contribution >= 4 is 0 Å². The van der Waals surface area contributed by atoms with Crippen LogP contribution in [-0.4, -0.2) is 44.3 Å². The highest BCUT2D eigenvalue weighted by molar-refractivity contribution is 4.73. The van der Waals surface area contributed by atoms with Crippen LogP contribution in [0.5, 0.6) is 0 Å². The Hall–Kier alpha value is -0.120. The molecule has 15 heavy (non-hydrogen) atoms. The van der Waals surface area contributed by atoms with E-state index in [1.165, 1.54) is 25.9 Å². The van der Waals surface area contributed by atoms with Gasteiger partial charge in [0.1, 0.15) is 0 Å². The Balaban J connectivity index is 2.05. The summed E-state index contributed by atoms with van der Waals surface area (Å²) >= 11 is 0. The van der Waals surface area contributed by atoms with E-state index in [2.05, 4.69) is 18.7 Å². The molecule has 0 aromatic heterocycles. The molecule has 1 unspecified atom stereocenters. The van der Waals surface area contributed by atoms with E-state index in [9.17, 15) is 0 Å². The van der Waals surface area contributed by atoms with Gasteiger partial charge in [-0.2, -0.15) is 0 Å². The molecule has 1 aliphatic rings. The number of piperidine rings is 1. The van der Waals surface area contributed by atoms with Crippen LogP contribution in [0.4, 0.5) is 0 Å². The maximum Gasteiger partial charge on any atom is 0.0593 e. The van der Waals surface area contributed by atoms with E-state index in [1.54, 1.807) is 0 Å². The van der Waals surface area contributed by atoms with Crippen molar-refractivity contribution in [2.75, 3.05) is 39.4 Å². The van der Waals surface area contributed by atoms with Crippen LogP contribution in [-0.2, 0) is 4.74 Å². The molecule has 0 aliphatic carbocycles. The summed E-state index contributed by atoms with van der Waals surface area (Å²) < 4.78 is 5.59. The molecule has 1 heterocycles.